The van der Waals surface area contributed by atoms with Crippen molar-refractivity contribution < 1.29 is 14.3 Å². The summed E-state index contributed by atoms with van der Waals surface area (Å²) in [6.07, 6.45) is 0. The van der Waals surface area contributed by atoms with Crippen LogP contribution in [-0.4, -0.2) is 25.1 Å². The highest BCUT2D eigenvalue weighted by atomic mass is 16.5. The quantitative estimate of drug-likeness (QED) is 0.724. The zero-order valence-corrected chi connectivity index (χ0v) is 14.8. The van der Waals surface area contributed by atoms with Crippen LogP contribution >= 0.6 is 0 Å². The van der Waals surface area contributed by atoms with Crippen molar-refractivity contribution in [2.45, 2.75) is 13.8 Å². The molecule has 0 saturated carbocycles. The zero-order valence-electron chi connectivity index (χ0n) is 14.8. The number of amides is 3. The van der Waals surface area contributed by atoms with E-state index in [0.29, 0.717) is 11.4 Å². The Hall–Kier alpha value is -3.46. The van der Waals surface area contributed by atoms with Crippen LogP contribution in [0.1, 0.15) is 12.5 Å². The van der Waals surface area contributed by atoms with Gasteiger partial charge in [-0.1, -0.05) is 35.6 Å². The van der Waals surface area contributed by atoms with Gasteiger partial charge in [-0.15, -0.1) is 0 Å². The Morgan fingerprint density at radius 1 is 1.00 bits per heavy atom. The van der Waals surface area contributed by atoms with Gasteiger partial charge in [-0.2, -0.15) is 0 Å². The Balaban J connectivity index is 1.69. The molecule has 2 aromatic rings. The summed E-state index contributed by atoms with van der Waals surface area (Å²) in [5.74, 6) is 6.10. The van der Waals surface area contributed by atoms with Crippen LogP contribution in [0.2, 0.25) is 0 Å². The van der Waals surface area contributed by atoms with Crippen LogP contribution in [0.25, 0.3) is 0 Å². The molecule has 0 spiro atoms. The van der Waals surface area contributed by atoms with Crippen LogP contribution in [0.5, 0.6) is 5.75 Å². The highest BCUT2D eigenvalue weighted by Crippen LogP contribution is 2.16. The third-order valence-corrected chi connectivity index (χ3v) is 3.24. The lowest BCUT2D eigenvalue weighted by Gasteiger charge is -2.06. The molecule has 0 fully saturated rings. The van der Waals surface area contributed by atoms with Gasteiger partial charge in [-0.05, 0) is 31.2 Å². The van der Waals surface area contributed by atoms with E-state index in [-0.39, 0.29) is 25.1 Å². The van der Waals surface area contributed by atoms with E-state index in [4.69, 9.17) is 4.74 Å². The molecule has 3 amide bonds. The third-order valence-electron chi connectivity index (χ3n) is 3.24. The minimum atomic E-state index is -0.313. The first-order chi connectivity index (χ1) is 12.5. The van der Waals surface area contributed by atoms with E-state index in [1.165, 1.54) is 6.92 Å². The average Bonchev–Trinajstić information content (AvgIpc) is 2.60. The van der Waals surface area contributed by atoms with Crippen molar-refractivity contribution in [2.75, 3.05) is 23.8 Å². The molecule has 0 saturated heterocycles. The van der Waals surface area contributed by atoms with E-state index in [1.54, 1.807) is 24.3 Å². The van der Waals surface area contributed by atoms with Gasteiger partial charge in [0.25, 0.3) is 0 Å². The maximum absolute atomic E-state index is 11.7. The lowest BCUT2D eigenvalue weighted by Crippen LogP contribution is -2.28. The summed E-state index contributed by atoms with van der Waals surface area (Å²) >= 11 is 0. The fraction of sp³-hybridized carbons (Fsp3) is 0.200. The Bertz CT molecular complexity index is 820. The molecular weight excluding hydrogens is 330 g/mol. The van der Waals surface area contributed by atoms with Crippen molar-refractivity contribution in [2.24, 2.45) is 0 Å². The fourth-order valence-electron chi connectivity index (χ4n) is 2.04. The van der Waals surface area contributed by atoms with Gasteiger partial charge in [0.15, 0.2) is 0 Å². The first-order valence-electron chi connectivity index (χ1n) is 8.10. The van der Waals surface area contributed by atoms with Crippen molar-refractivity contribution in [3.8, 4) is 17.6 Å². The number of ether oxygens (including phenoxy) is 1. The van der Waals surface area contributed by atoms with Crippen LogP contribution < -0.4 is 20.7 Å². The molecule has 0 aromatic heterocycles. The second-order valence-electron chi connectivity index (χ2n) is 5.52. The molecule has 0 aliphatic rings. The molecule has 26 heavy (non-hydrogen) atoms. The van der Waals surface area contributed by atoms with Gasteiger partial charge >= 0.3 is 6.03 Å². The van der Waals surface area contributed by atoms with Crippen molar-refractivity contribution in [1.29, 1.82) is 0 Å². The number of benzene rings is 2. The number of hydrogen-bond donors (Lipinski definition) is 3. The second kappa shape index (κ2) is 9.74. The highest BCUT2D eigenvalue weighted by molar-refractivity contribution is 5.89. The van der Waals surface area contributed by atoms with E-state index in [9.17, 15) is 9.59 Å². The van der Waals surface area contributed by atoms with Crippen molar-refractivity contribution >= 4 is 23.3 Å². The maximum atomic E-state index is 11.7. The monoisotopic (exact) mass is 351 g/mol. The topological polar surface area (TPSA) is 79.5 Å². The van der Waals surface area contributed by atoms with Gasteiger partial charge in [-0.25, -0.2) is 4.79 Å². The number of carbonyl (C=O) groups is 2. The van der Waals surface area contributed by atoms with Gasteiger partial charge in [0.1, 0.15) is 12.4 Å². The molecule has 0 atom stereocenters. The minimum Gasteiger partial charge on any atom is -0.481 e. The van der Waals surface area contributed by atoms with E-state index in [2.05, 4.69) is 27.8 Å². The van der Waals surface area contributed by atoms with Gasteiger partial charge in [0.2, 0.25) is 5.91 Å². The highest BCUT2D eigenvalue weighted by Gasteiger charge is 1.99. The fourth-order valence-corrected chi connectivity index (χ4v) is 2.04. The van der Waals surface area contributed by atoms with Crippen molar-refractivity contribution in [3.05, 3.63) is 54.1 Å². The number of aryl methyl sites for hydroxylation is 1. The zero-order chi connectivity index (χ0) is 18.8. The number of rotatable bonds is 5. The van der Waals surface area contributed by atoms with Gasteiger partial charge in [0, 0.05) is 24.4 Å². The first kappa shape index (κ1) is 18.9. The number of nitrogens with one attached hydrogen (secondary N) is 3. The Labute approximate surface area is 152 Å². The predicted octanol–water partition coefficient (Wildman–Crippen LogP) is 3.16. The molecule has 0 aliphatic heterocycles. The first-order valence-corrected chi connectivity index (χ1v) is 8.10. The molecule has 134 valence electrons. The second-order valence-corrected chi connectivity index (χ2v) is 5.52. The van der Waals surface area contributed by atoms with E-state index in [1.807, 2.05) is 31.2 Å². The minimum absolute atomic E-state index is 0.142. The predicted molar refractivity (Wildman–Crippen MR) is 102 cm³/mol. The smallest absolute Gasteiger partial charge is 0.319 e. The molecule has 6 heteroatoms. The SMILES string of the molecule is CC(=O)Nc1cccc(OCC#CCNC(=O)Nc2ccc(C)cc2)c1. The molecule has 3 N–H and O–H groups in total. The van der Waals surface area contributed by atoms with Crippen LogP contribution in [0.3, 0.4) is 0 Å². The number of urea groups is 1. The Morgan fingerprint density at radius 3 is 2.50 bits per heavy atom. The number of carbonyl (C=O) groups excluding carboxylic acids is 2. The molecule has 6 nitrogen and oxygen atoms in total. The Kier molecular flexibility index (Phi) is 7.07. The normalized spacial score (nSPS) is 9.46. The maximum Gasteiger partial charge on any atom is 0.319 e. The summed E-state index contributed by atoms with van der Waals surface area (Å²) in [5.41, 5.74) is 2.52. The standard InChI is InChI=1S/C20H21N3O3/c1-15-8-10-17(11-9-15)23-20(25)21-12-3-4-13-26-19-7-5-6-18(14-19)22-16(2)24/h5-11,14H,12-13H2,1-2H3,(H,22,24)(H2,21,23,25). The van der Waals surface area contributed by atoms with Crippen molar-refractivity contribution in [1.82, 2.24) is 5.32 Å². The molecule has 2 rings (SSSR count). The summed E-state index contributed by atoms with van der Waals surface area (Å²) in [5, 5.41) is 8.05. The number of hydrogen-bond acceptors (Lipinski definition) is 3. The summed E-state index contributed by atoms with van der Waals surface area (Å²) in [6, 6.07) is 14.3. The largest absolute Gasteiger partial charge is 0.481 e. The van der Waals surface area contributed by atoms with Crippen molar-refractivity contribution in [3.63, 3.8) is 0 Å². The molecule has 0 unspecified atom stereocenters. The van der Waals surface area contributed by atoms with Crippen LogP contribution in [-0.2, 0) is 4.79 Å². The third kappa shape index (κ3) is 6.97. The van der Waals surface area contributed by atoms with E-state index < -0.39 is 0 Å². The Morgan fingerprint density at radius 2 is 1.77 bits per heavy atom. The van der Waals surface area contributed by atoms with E-state index >= 15 is 0 Å². The lowest BCUT2D eigenvalue weighted by molar-refractivity contribution is -0.114. The molecule has 0 radical (unpaired) electrons. The molecular formula is C20H21N3O3. The number of anilines is 2. The summed E-state index contributed by atoms with van der Waals surface area (Å²) in [6.45, 7) is 3.83. The van der Waals surface area contributed by atoms with E-state index in [0.717, 1.165) is 11.3 Å². The van der Waals surface area contributed by atoms with Gasteiger partial charge < -0.3 is 20.7 Å². The molecule has 2 aromatic carbocycles. The van der Waals surface area contributed by atoms with Crippen LogP contribution in [0.15, 0.2) is 48.5 Å². The van der Waals surface area contributed by atoms with Crippen LogP contribution in [0, 0.1) is 18.8 Å². The summed E-state index contributed by atoms with van der Waals surface area (Å²) in [4.78, 5) is 22.7. The lowest BCUT2D eigenvalue weighted by atomic mass is 10.2. The average molecular weight is 351 g/mol. The van der Waals surface area contributed by atoms with Crippen LogP contribution in [0.4, 0.5) is 16.2 Å². The van der Waals surface area contributed by atoms with Gasteiger partial charge in [0.05, 0.1) is 6.54 Å². The van der Waals surface area contributed by atoms with Gasteiger partial charge in [-0.3, -0.25) is 4.79 Å². The molecule has 0 bridgehead atoms. The molecule has 0 aliphatic carbocycles. The molecule has 0 heterocycles. The summed E-state index contributed by atoms with van der Waals surface area (Å²) < 4.78 is 5.49. The summed E-state index contributed by atoms with van der Waals surface area (Å²) in [7, 11) is 0.